The summed E-state index contributed by atoms with van der Waals surface area (Å²) in [5.74, 6) is 0. The molecule has 1 atom stereocenters. The zero-order valence-electron chi connectivity index (χ0n) is 8.01. The number of hydrogen-bond acceptors (Lipinski definition) is 2. The van der Waals surface area contributed by atoms with Crippen molar-refractivity contribution in [3.63, 3.8) is 0 Å². The van der Waals surface area contributed by atoms with Gasteiger partial charge in [-0.05, 0) is 26.2 Å². The van der Waals surface area contributed by atoms with Crippen molar-refractivity contribution in [1.82, 2.24) is 0 Å². The van der Waals surface area contributed by atoms with Gasteiger partial charge >= 0.3 is 0 Å². The van der Waals surface area contributed by atoms with E-state index in [1.165, 1.54) is 6.42 Å². The van der Waals surface area contributed by atoms with Gasteiger partial charge in [0.1, 0.15) is 0 Å². The van der Waals surface area contributed by atoms with Gasteiger partial charge in [0.25, 0.3) is 0 Å². The Morgan fingerprint density at radius 2 is 2.25 bits per heavy atom. The number of rotatable bonds is 7. The number of nitrogens with two attached hydrogens (primary N) is 1. The first-order chi connectivity index (χ1) is 5.66. The Morgan fingerprint density at radius 3 is 2.75 bits per heavy atom. The van der Waals surface area contributed by atoms with E-state index < -0.39 is 0 Å². The van der Waals surface area contributed by atoms with Gasteiger partial charge in [0.15, 0.2) is 0 Å². The van der Waals surface area contributed by atoms with Crippen molar-refractivity contribution < 1.29 is 4.74 Å². The molecule has 0 saturated carbocycles. The number of hydrogen-bond donors (Lipinski definition) is 1. The van der Waals surface area contributed by atoms with E-state index in [1.807, 2.05) is 0 Å². The SMILES string of the molecule is CCCC(C)OCCCC(N)=S. The minimum absolute atomic E-state index is 0.376. The third-order valence-electron chi connectivity index (χ3n) is 1.67. The molecule has 0 radical (unpaired) electrons. The summed E-state index contributed by atoms with van der Waals surface area (Å²) in [6, 6.07) is 0. The Morgan fingerprint density at radius 1 is 1.58 bits per heavy atom. The third-order valence-corrected chi connectivity index (χ3v) is 1.87. The van der Waals surface area contributed by atoms with E-state index in [0.717, 1.165) is 25.9 Å². The Kier molecular flexibility index (Phi) is 7.40. The van der Waals surface area contributed by atoms with Gasteiger partial charge in [-0.25, -0.2) is 0 Å². The van der Waals surface area contributed by atoms with Gasteiger partial charge in [-0.15, -0.1) is 0 Å². The van der Waals surface area contributed by atoms with E-state index in [2.05, 4.69) is 13.8 Å². The molecule has 0 saturated heterocycles. The molecule has 0 aliphatic carbocycles. The molecule has 3 heteroatoms. The van der Waals surface area contributed by atoms with Gasteiger partial charge in [0.2, 0.25) is 0 Å². The summed E-state index contributed by atoms with van der Waals surface area (Å²) < 4.78 is 5.52. The van der Waals surface area contributed by atoms with Gasteiger partial charge < -0.3 is 10.5 Å². The zero-order chi connectivity index (χ0) is 9.40. The van der Waals surface area contributed by atoms with Crippen LogP contribution in [-0.4, -0.2) is 17.7 Å². The van der Waals surface area contributed by atoms with Crippen molar-refractivity contribution >= 4 is 17.2 Å². The molecular formula is C9H19NOS. The largest absolute Gasteiger partial charge is 0.393 e. The zero-order valence-corrected chi connectivity index (χ0v) is 8.82. The lowest BCUT2D eigenvalue weighted by atomic mass is 10.2. The summed E-state index contributed by atoms with van der Waals surface area (Å²) in [5.41, 5.74) is 5.34. The highest BCUT2D eigenvalue weighted by Crippen LogP contribution is 2.02. The van der Waals surface area contributed by atoms with Crippen LogP contribution in [0, 0.1) is 0 Å². The molecule has 0 fully saturated rings. The van der Waals surface area contributed by atoms with E-state index in [9.17, 15) is 0 Å². The standard InChI is InChI=1S/C9H19NOS/c1-3-5-8(2)11-7-4-6-9(10)12/h8H,3-7H2,1-2H3,(H2,10,12). The van der Waals surface area contributed by atoms with E-state index >= 15 is 0 Å². The third kappa shape index (κ3) is 7.95. The van der Waals surface area contributed by atoms with Crippen molar-refractivity contribution in [2.75, 3.05) is 6.61 Å². The normalized spacial score (nSPS) is 12.8. The first kappa shape index (κ1) is 11.8. The van der Waals surface area contributed by atoms with Crippen LogP contribution in [0.1, 0.15) is 39.5 Å². The quantitative estimate of drug-likeness (QED) is 0.493. The molecule has 12 heavy (non-hydrogen) atoms. The van der Waals surface area contributed by atoms with Gasteiger partial charge in [-0.3, -0.25) is 0 Å². The van der Waals surface area contributed by atoms with Crippen molar-refractivity contribution in [3.05, 3.63) is 0 Å². The molecule has 0 rings (SSSR count). The fraction of sp³-hybridized carbons (Fsp3) is 0.889. The topological polar surface area (TPSA) is 35.2 Å². The molecule has 2 nitrogen and oxygen atoms in total. The Hall–Kier alpha value is -0.150. The molecule has 72 valence electrons. The molecular weight excluding hydrogens is 170 g/mol. The maximum Gasteiger partial charge on any atom is 0.0728 e. The highest BCUT2D eigenvalue weighted by molar-refractivity contribution is 7.80. The molecule has 0 aromatic heterocycles. The van der Waals surface area contributed by atoms with Crippen LogP contribution in [0.2, 0.25) is 0 Å². The van der Waals surface area contributed by atoms with Crippen LogP contribution < -0.4 is 5.73 Å². The lowest BCUT2D eigenvalue weighted by Gasteiger charge is -2.10. The van der Waals surface area contributed by atoms with Gasteiger partial charge in [-0.1, -0.05) is 25.6 Å². The summed E-state index contributed by atoms with van der Waals surface area (Å²) in [5, 5.41) is 0. The van der Waals surface area contributed by atoms with Crippen molar-refractivity contribution in [2.45, 2.75) is 45.6 Å². The molecule has 0 aliphatic heterocycles. The van der Waals surface area contributed by atoms with Crippen LogP contribution in [0.3, 0.4) is 0 Å². The predicted molar refractivity (Wildman–Crippen MR) is 56.3 cm³/mol. The highest BCUT2D eigenvalue weighted by atomic mass is 32.1. The van der Waals surface area contributed by atoms with Gasteiger partial charge in [0, 0.05) is 6.61 Å². The maximum atomic E-state index is 5.52. The summed E-state index contributed by atoms with van der Waals surface area (Å²) in [6.07, 6.45) is 4.43. The Bertz CT molecular complexity index is 128. The van der Waals surface area contributed by atoms with Crippen LogP contribution in [0.15, 0.2) is 0 Å². The van der Waals surface area contributed by atoms with Crippen LogP contribution >= 0.6 is 12.2 Å². The molecule has 0 spiro atoms. The van der Waals surface area contributed by atoms with E-state index in [4.69, 9.17) is 22.7 Å². The Balaban J connectivity index is 3.13. The smallest absolute Gasteiger partial charge is 0.0728 e. The molecule has 0 bridgehead atoms. The van der Waals surface area contributed by atoms with E-state index in [1.54, 1.807) is 0 Å². The van der Waals surface area contributed by atoms with Crippen molar-refractivity contribution in [2.24, 2.45) is 5.73 Å². The first-order valence-corrected chi connectivity index (χ1v) is 4.97. The summed E-state index contributed by atoms with van der Waals surface area (Å²) in [7, 11) is 0. The monoisotopic (exact) mass is 189 g/mol. The van der Waals surface area contributed by atoms with E-state index in [-0.39, 0.29) is 0 Å². The minimum Gasteiger partial charge on any atom is -0.393 e. The lowest BCUT2D eigenvalue weighted by Crippen LogP contribution is -2.12. The lowest BCUT2D eigenvalue weighted by molar-refractivity contribution is 0.0591. The molecule has 0 aliphatic rings. The molecule has 0 amide bonds. The molecule has 0 aromatic rings. The van der Waals surface area contributed by atoms with Crippen LogP contribution in [0.25, 0.3) is 0 Å². The summed E-state index contributed by atoms with van der Waals surface area (Å²) in [6.45, 7) is 5.04. The van der Waals surface area contributed by atoms with Crippen LogP contribution in [0.5, 0.6) is 0 Å². The van der Waals surface area contributed by atoms with Crippen molar-refractivity contribution in [1.29, 1.82) is 0 Å². The van der Waals surface area contributed by atoms with Crippen LogP contribution in [0.4, 0.5) is 0 Å². The average molecular weight is 189 g/mol. The molecule has 1 unspecified atom stereocenters. The first-order valence-electron chi connectivity index (χ1n) is 4.56. The summed E-state index contributed by atoms with van der Waals surface area (Å²) in [4.78, 5) is 0.585. The second-order valence-corrected chi connectivity index (χ2v) is 3.56. The average Bonchev–Trinajstić information content (AvgIpc) is 1.98. The molecule has 0 heterocycles. The summed E-state index contributed by atoms with van der Waals surface area (Å²) >= 11 is 4.75. The second kappa shape index (κ2) is 7.50. The molecule has 0 aromatic carbocycles. The van der Waals surface area contributed by atoms with Crippen molar-refractivity contribution in [3.8, 4) is 0 Å². The van der Waals surface area contributed by atoms with Gasteiger partial charge in [0.05, 0.1) is 11.1 Å². The van der Waals surface area contributed by atoms with Crippen LogP contribution in [-0.2, 0) is 4.74 Å². The Labute approximate surface area is 80.5 Å². The minimum atomic E-state index is 0.376. The number of thiocarbonyl (C=S) groups is 1. The predicted octanol–water partition coefficient (Wildman–Crippen LogP) is 2.26. The number of ether oxygens (including phenoxy) is 1. The van der Waals surface area contributed by atoms with E-state index in [0.29, 0.717) is 11.1 Å². The molecule has 2 N–H and O–H groups in total. The fourth-order valence-electron chi connectivity index (χ4n) is 1.02. The van der Waals surface area contributed by atoms with Gasteiger partial charge in [-0.2, -0.15) is 0 Å². The second-order valence-electron chi connectivity index (χ2n) is 3.04. The maximum absolute atomic E-state index is 5.52. The fourth-order valence-corrected chi connectivity index (χ4v) is 1.17. The highest BCUT2D eigenvalue weighted by Gasteiger charge is 1.99.